The van der Waals surface area contributed by atoms with Gasteiger partial charge in [0.25, 0.3) is 0 Å². The van der Waals surface area contributed by atoms with Crippen molar-refractivity contribution in [1.82, 2.24) is 20.9 Å². The molecule has 0 aliphatic carbocycles. The molecule has 0 spiro atoms. The maximum Gasteiger partial charge on any atom is 0.326 e. The van der Waals surface area contributed by atoms with Crippen LogP contribution in [0.25, 0.3) is 10.9 Å². The highest BCUT2D eigenvalue weighted by molar-refractivity contribution is 5.95. The van der Waals surface area contributed by atoms with Crippen molar-refractivity contribution in [3.8, 4) is 0 Å². The molecule has 3 amide bonds. The van der Waals surface area contributed by atoms with Crippen LogP contribution in [0.3, 0.4) is 0 Å². The number of H-pyrrole nitrogens is 1. The summed E-state index contributed by atoms with van der Waals surface area (Å²) in [6, 6.07) is 11.5. The van der Waals surface area contributed by atoms with E-state index in [9.17, 15) is 29.4 Å². The van der Waals surface area contributed by atoms with Crippen LogP contribution in [0.2, 0.25) is 0 Å². The number of hydrogen-bond donors (Lipinski definition) is 7. The number of aromatic amines is 1. The smallest absolute Gasteiger partial charge is 0.326 e. The van der Waals surface area contributed by atoms with Crippen LogP contribution in [0.5, 0.6) is 0 Å². The third-order valence-corrected chi connectivity index (χ3v) is 7.25. The molecule has 1 heterocycles. The molecule has 0 aliphatic heterocycles. The van der Waals surface area contributed by atoms with Crippen LogP contribution in [0.1, 0.15) is 38.3 Å². The molecule has 0 saturated heterocycles. The monoisotopic (exact) mass is 565 g/mol. The molecular formula is C30H39N5O6. The molecule has 3 rings (SSSR count). The van der Waals surface area contributed by atoms with E-state index in [0.29, 0.717) is 17.5 Å². The van der Waals surface area contributed by atoms with Crippen molar-refractivity contribution in [2.24, 2.45) is 11.7 Å². The summed E-state index contributed by atoms with van der Waals surface area (Å²) >= 11 is 0. The lowest BCUT2D eigenvalue weighted by atomic mass is 9.98. The number of amides is 3. The molecule has 0 bridgehead atoms. The molecule has 0 radical (unpaired) electrons. The molecule has 0 fully saturated rings. The van der Waals surface area contributed by atoms with Gasteiger partial charge in [-0.1, -0.05) is 68.8 Å². The number of benzene rings is 2. The predicted molar refractivity (Wildman–Crippen MR) is 155 cm³/mol. The number of rotatable bonds is 14. The number of carbonyl (C=O) groups excluding carboxylic acids is 3. The number of aliphatic carboxylic acids is 1. The number of carbonyl (C=O) groups is 4. The molecule has 11 nitrogen and oxygen atoms in total. The van der Waals surface area contributed by atoms with E-state index in [0.717, 1.165) is 10.9 Å². The first kappa shape index (κ1) is 31.3. The van der Waals surface area contributed by atoms with Crippen molar-refractivity contribution >= 4 is 34.6 Å². The second-order valence-corrected chi connectivity index (χ2v) is 10.4. The minimum absolute atomic E-state index is 0.0200. The zero-order valence-electron chi connectivity index (χ0n) is 23.5. The average molecular weight is 566 g/mol. The Morgan fingerprint density at radius 1 is 0.854 bits per heavy atom. The fourth-order valence-electron chi connectivity index (χ4n) is 4.48. The number of nitrogens with one attached hydrogen (secondary N) is 4. The fraction of sp³-hybridized carbons (Fsp3) is 0.400. The Labute approximate surface area is 238 Å². The van der Waals surface area contributed by atoms with E-state index in [1.165, 1.54) is 6.92 Å². The first-order valence-corrected chi connectivity index (χ1v) is 13.7. The van der Waals surface area contributed by atoms with Crippen LogP contribution in [-0.2, 0) is 32.0 Å². The van der Waals surface area contributed by atoms with Crippen LogP contribution in [-0.4, -0.2) is 69.2 Å². The van der Waals surface area contributed by atoms with Crippen LogP contribution in [0.4, 0.5) is 0 Å². The molecule has 6 atom stereocenters. The van der Waals surface area contributed by atoms with Gasteiger partial charge in [-0.2, -0.15) is 0 Å². The number of nitrogens with two attached hydrogens (primary N) is 1. The third-order valence-electron chi connectivity index (χ3n) is 7.25. The molecular weight excluding hydrogens is 526 g/mol. The molecule has 220 valence electrons. The van der Waals surface area contributed by atoms with Crippen LogP contribution in [0, 0.1) is 5.92 Å². The average Bonchev–Trinajstić information content (AvgIpc) is 3.37. The zero-order valence-corrected chi connectivity index (χ0v) is 23.5. The van der Waals surface area contributed by atoms with Gasteiger partial charge in [0.2, 0.25) is 17.7 Å². The summed E-state index contributed by atoms with van der Waals surface area (Å²) in [5, 5.41) is 28.7. The summed E-state index contributed by atoms with van der Waals surface area (Å²) < 4.78 is 0. The second kappa shape index (κ2) is 14.4. The van der Waals surface area contributed by atoms with E-state index >= 15 is 0 Å². The Morgan fingerprint density at radius 2 is 1.49 bits per heavy atom. The largest absolute Gasteiger partial charge is 0.480 e. The van der Waals surface area contributed by atoms with Gasteiger partial charge in [0, 0.05) is 29.9 Å². The Bertz CT molecular complexity index is 1340. The Balaban J connectivity index is 1.85. The molecule has 8 N–H and O–H groups in total. The minimum Gasteiger partial charge on any atom is -0.480 e. The Morgan fingerprint density at radius 3 is 2.12 bits per heavy atom. The van der Waals surface area contributed by atoms with Gasteiger partial charge in [-0.15, -0.1) is 0 Å². The lowest BCUT2D eigenvalue weighted by Gasteiger charge is -2.27. The van der Waals surface area contributed by atoms with Crippen molar-refractivity contribution in [3.63, 3.8) is 0 Å². The van der Waals surface area contributed by atoms with Crippen molar-refractivity contribution in [3.05, 3.63) is 71.9 Å². The first-order chi connectivity index (χ1) is 19.5. The summed E-state index contributed by atoms with van der Waals surface area (Å²) in [7, 11) is 0. The summed E-state index contributed by atoms with van der Waals surface area (Å²) in [5.41, 5.74) is 8.27. The number of fused-ring (bicyclic) bond motifs is 1. The summed E-state index contributed by atoms with van der Waals surface area (Å²) in [6.07, 6.45) is 1.11. The molecule has 11 heteroatoms. The number of aliphatic hydroxyl groups is 1. The van der Waals surface area contributed by atoms with E-state index < -0.39 is 54.0 Å². The second-order valence-electron chi connectivity index (χ2n) is 10.4. The molecule has 0 aliphatic rings. The summed E-state index contributed by atoms with van der Waals surface area (Å²) in [5.74, 6) is -3.52. The highest BCUT2D eigenvalue weighted by atomic mass is 16.4. The van der Waals surface area contributed by atoms with Gasteiger partial charge < -0.3 is 36.9 Å². The molecule has 0 saturated carbocycles. The quantitative estimate of drug-likeness (QED) is 0.153. The lowest BCUT2D eigenvalue weighted by molar-refractivity contribution is -0.142. The maximum atomic E-state index is 13.5. The highest BCUT2D eigenvalue weighted by Gasteiger charge is 2.33. The number of aromatic nitrogens is 1. The van der Waals surface area contributed by atoms with Gasteiger partial charge in [-0.3, -0.25) is 14.4 Å². The van der Waals surface area contributed by atoms with E-state index in [1.54, 1.807) is 43.5 Å². The van der Waals surface area contributed by atoms with Gasteiger partial charge in [-0.05, 0) is 30.0 Å². The number of carboxylic acids is 1. The van der Waals surface area contributed by atoms with Crippen molar-refractivity contribution in [2.45, 2.75) is 70.3 Å². The van der Waals surface area contributed by atoms with Crippen LogP contribution >= 0.6 is 0 Å². The third kappa shape index (κ3) is 8.38. The van der Waals surface area contributed by atoms with Gasteiger partial charge in [0.15, 0.2) is 0 Å². The molecule has 6 unspecified atom stereocenters. The van der Waals surface area contributed by atoms with Crippen molar-refractivity contribution in [1.29, 1.82) is 0 Å². The minimum atomic E-state index is -1.39. The lowest BCUT2D eigenvalue weighted by Crippen LogP contribution is -2.60. The number of hydrogen-bond acceptors (Lipinski definition) is 6. The summed E-state index contributed by atoms with van der Waals surface area (Å²) in [6.45, 7) is 5.03. The number of carboxylic acid groups (broad SMARTS) is 1. The van der Waals surface area contributed by atoms with Crippen LogP contribution < -0.4 is 21.7 Å². The normalized spacial score (nSPS) is 15.6. The predicted octanol–water partition coefficient (Wildman–Crippen LogP) is 1.25. The van der Waals surface area contributed by atoms with E-state index in [-0.39, 0.29) is 18.8 Å². The van der Waals surface area contributed by atoms with E-state index in [2.05, 4.69) is 20.9 Å². The van der Waals surface area contributed by atoms with E-state index in [1.807, 2.05) is 31.2 Å². The van der Waals surface area contributed by atoms with Gasteiger partial charge in [-0.25, -0.2) is 4.79 Å². The Hall–Kier alpha value is -4.22. The van der Waals surface area contributed by atoms with E-state index in [4.69, 9.17) is 5.73 Å². The zero-order chi connectivity index (χ0) is 30.1. The molecule has 1 aromatic heterocycles. The van der Waals surface area contributed by atoms with Crippen molar-refractivity contribution in [2.75, 3.05) is 0 Å². The maximum absolute atomic E-state index is 13.5. The SMILES string of the molecule is CCC(C)C(N)C(=O)NC(C(=O)NC(Cc1c[nH]c2ccccc12)C(=O)NC(Cc1ccccc1)C(=O)O)C(C)O. The number of aliphatic hydroxyl groups excluding tert-OH is 1. The summed E-state index contributed by atoms with van der Waals surface area (Å²) in [4.78, 5) is 54.8. The first-order valence-electron chi connectivity index (χ1n) is 13.7. The topological polar surface area (TPSA) is 187 Å². The highest BCUT2D eigenvalue weighted by Crippen LogP contribution is 2.19. The van der Waals surface area contributed by atoms with Crippen molar-refractivity contribution < 1.29 is 29.4 Å². The fourth-order valence-corrected chi connectivity index (χ4v) is 4.48. The molecule has 2 aromatic carbocycles. The number of para-hydroxylation sites is 1. The van der Waals surface area contributed by atoms with Gasteiger partial charge in [0.05, 0.1) is 12.1 Å². The van der Waals surface area contributed by atoms with Gasteiger partial charge in [0.1, 0.15) is 18.1 Å². The van der Waals surface area contributed by atoms with Gasteiger partial charge >= 0.3 is 5.97 Å². The van der Waals surface area contributed by atoms with Crippen LogP contribution in [0.15, 0.2) is 60.8 Å². The standard InChI is InChI=1S/C30H39N5O6/c1-4-17(2)25(31)28(38)35-26(18(3)36)29(39)33-23(15-20-16-32-22-13-9-8-12-21(20)22)27(37)34-24(30(40)41)14-19-10-6-5-7-11-19/h5-13,16-18,23-26,32,36H,4,14-15,31H2,1-3H3,(H,33,39)(H,34,37)(H,35,38)(H,40,41). The molecule has 3 aromatic rings. The Kier molecular flexibility index (Phi) is 11.0. The molecule has 41 heavy (non-hydrogen) atoms.